The van der Waals surface area contributed by atoms with Crippen molar-refractivity contribution in [3.63, 3.8) is 0 Å². The molecule has 0 radical (unpaired) electrons. The van der Waals surface area contributed by atoms with Gasteiger partial charge in [0, 0.05) is 23.0 Å². The molecule has 1 heterocycles. The molecule has 19 heavy (non-hydrogen) atoms. The van der Waals surface area contributed by atoms with E-state index in [4.69, 9.17) is 0 Å². The van der Waals surface area contributed by atoms with E-state index >= 15 is 0 Å². The molecular weight excluding hydrogens is 348 g/mol. The van der Waals surface area contributed by atoms with Crippen LogP contribution in [-0.2, 0) is 4.79 Å². The molecule has 0 spiro atoms. The largest absolute Gasteiger partial charge is 0.387 e. The van der Waals surface area contributed by atoms with Gasteiger partial charge in [0.15, 0.2) is 5.62 Å². The number of benzene rings is 1. The zero-order valence-electron chi connectivity index (χ0n) is 9.96. The number of nitrogens with zero attached hydrogens (tertiary/aromatic N) is 1. The smallest absolute Gasteiger partial charge is 0.181 e. The second-order valence-electron chi connectivity index (χ2n) is 3.63. The number of nitrogens with one attached hydrogen (secondary N) is 1. The van der Waals surface area contributed by atoms with Gasteiger partial charge in [-0.2, -0.15) is 0 Å². The summed E-state index contributed by atoms with van der Waals surface area (Å²) in [5, 5.41) is 15.7. The topological polar surface area (TPSA) is 62.2 Å². The Morgan fingerprint density at radius 3 is 2.95 bits per heavy atom. The van der Waals surface area contributed by atoms with E-state index in [2.05, 4.69) is 26.2 Å². The summed E-state index contributed by atoms with van der Waals surface area (Å²) >= 11 is 5.72. The lowest BCUT2D eigenvalue weighted by molar-refractivity contribution is 0.219. The minimum Gasteiger partial charge on any atom is -0.387 e. The van der Waals surface area contributed by atoms with Gasteiger partial charge in [0.2, 0.25) is 0 Å². The first kappa shape index (κ1) is 14.5. The second kappa shape index (κ2) is 6.51. The Bertz CT molecular complexity index is 589. The molecule has 0 aliphatic carbocycles. The molecule has 2 N–H and O–H groups in total. The number of carbonyl (C=O) groups excluding carboxylic acids is 1. The number of rotatable bonds is 5. The molecule has 0 amide bonds. The predicted molar refractivity (Wildman–Crippen MR) is 82.5 cm³/mol. The van der Waals surface area contributed by atoms with E-state index in [1.54, 1.807) is 13.1 Å². The molecule has 2 aromatic rings. The van der Waals surface area contributed by atoms with Crippen LogP contribution in [0.5, 0.6) is 0 Å². The quantitative estimate of drug-likeness (QED) is 0.634. The minimum absolute atomic E-state index is 0.617. The van der Waals surface area contributed by atoms with Gasteiger partial charge in [-0.3, -0.25) is 4.79 Å². The van der Waals surface area contributed by atoms with Gasteiger partial charge in [-0.05, 0) is 33.6 Å². The van der Waals surface area contributed by atoms with Crippen LogP contribution in [0.25, 0.3) is 0 Å². The van der Waals surface area contributed by atoms with Gasteiger partial charge in [-0.1, -0.05) is 17.8 Å². The summed E-state index contributed by atoms with van der Waals surface area (Å²) in [5.74, 6) is 0. The van der Waals surface area contributed by atoms with Gasteiger partial charge in [-0.25, -0.2) is 4.98 Å². The molecule has 0 bridgehead atoms. The lowest BCUT2D eigenvalue weighted by atomic mass is 10.1. The van der Waals surface area contributed by atoms with Gasteiger partial charge in [0.1, 0.15) is 15.7 Å². The molecule has 1 aromatic carbocycles. The Morgan fingerprint density at radius 2 is 2.37 bits per heavy atom. The standard InChI is InChI=1S/C12H11BrN2O2S2/c1-14-8-3-2-7(4-9(8)19-6-16)11(17)12-15-10(13)5-18-12/h2-6,11,14,17H,1H3. The van der Waals surface area contributed by atoms with Gasteiger partial charge in [-0.15, -0.1) is 11.3 Å². The Morgan fingerprint density at radius 1 is 1.58 bits per heavy atom. The highest BCUT2D eigenvalue weighted by Crippen LogP contribution is 2.32. The molecule has 1 aromatic heterocycles. The number of aliphatic hydroxyl groups excluding tert-OH is 1. The third-order valence-electron chi connectivity index (χ3n) is 2.49. The van der Waals surface area contributed by atoms with E-state index in [-0.39, 0.29) is 0 Å². The van der Waals surface area contributed by atoms with Crippen molar-refractivity contribution in [3.05, 3.63) is 38.8 Å². The molecule has 4 nitrogen and oxygen atoms in total. The molecule has 100 valence electrons. The molecule has 0 aliphatic rings. The van der Waals surface area contributed by atoms with Crippen molar-refractivity contribution in [1.82, 2.24) is 4.98 Å². The minimum atomic E-state index is -0.784. The molecule has 0 aliphatic heterocycles. The van der Waals surface area contributed by atoms with Crippen LogP contribution < -0.4 is 5.32 Å². The number of aliphatic hydroxyl groups is 1. The van der Waals surface area contributed by atoms with Crippen molar-refractivity contribution < 1.29 is 9.90 Å². The fourth-order valence-electron chi connectivity index (χ4n) is 1.60. The van der Waals surface area contributed by atoms with Gasteiger partial charge in [0.05, 0.1) is 0 Å². The molecule has 0 saturated carbocycles. The molecular formula is C12H11BrN2O2S2. The fourth-order valence-corrected chi connectivity index (χ4v) is 3.48. The number of halogens is 1. The highest BCUT2D eigenvalue weighted by Gasteiger charge is 2.16. The summed E-state index contributed by atoms with van der Waals surface area (Å²) in [6.45, 7) is 0. The monoisotopic (exact) mass is 358 g/mol. The van der Waals surface area contributed by atoms with Gasteiger partial charge < -0.3 is 10.4 Å². The number of hydrogen-bond acceptors (Lipinski definition) is 6. The number of thiazole rings is 1. The SMILES string of the molecule is CNc1ccc(C(O)c2nc(Br)cs2)cc1SC=O. The molecule has 0 fully saturated rings. The summed E-state index contributed by atoms with van der Waals surface area (Å²) < 4.78 is 0.709. The van der Waals surface area contributed by atoms with E-state index in [0.717, 1.165) is 28.0 Å². The van der Waals surface area contributed by atoms with E-state index in [1.807, 2.05) is 17.5 Å². The van der Waals surface area contributed by atoms with E-state index in [0.29, 0.717) is 15.2 Å². The van der Waals surface area contributed by atoms with Crippen LogP contribution in [-0.4, -0.2) is 22.8 Å². The summed E-state index contributed by atoms with van der Waals surface area (Å²) in [7, 11) is 1.79. The molecule has 0 saturated heterocycles. The summed E-state index contributed by atoms with van der Waals surface area (Å²) in [5.41, 5.74) is 2.34. The number of aromatic nitrogens is 1. The molecule has 7 heteroatoms. The third kappa shape index (κ3) is 3.36. The Balaban J connectivity index is 2.34. The van der Waals surface area contributed by atoms with Crippen LogP contribution in [0.15, 0.2) is 33.1 Å². The number of thioether (sulfide) groups is 1. The predicted octanol–water partition coefficient (Wildman–Crippen LogP) is 3.31. The number of hydrogen-bond donors (Lipinski definition) is 2. The lowest BCUT2D eigenvalue weighted by Crippen LogP contribution is -2.00. The maximum atomic E-state index is 10.7. The highest BCUT2D eigenvalue weighted by molar-refractivity contribution is 9.10. The molecule has 1 unspecified atom stereocenters. The first-order valence-corrected chi connectivity index (χ1v) is 7.92. The number of anilines is 1. The van der Waals surface area contributed by atoms with Crippen LogP contribution in [0.1, 0.15) is 16.7 Å². The van der Waals surface area contributed by atoms with Crippen LogP contribution >= 0.6 is 39.0 Å². The Kier molecular flexibility index (Phi) is 4.98. The lowest BCUT2D eigenvalue weighted by Gasteiger charge is -2.12. The van der Waals surface area contributed by atoms with Crippen LogP contribution in [0, 0.1) is 0 Å². The maximum Gasteiger partial charge on any atom is 0.181 e. The van der Waals surface area contributed by atoms with Crippen molar-refractivity contribution >= 4 is 50.3 Å². The van der Waals surface area contributed by atoms with Crippen molar-refractivity contribution in [2.45, 2.75) is 11.0 Å². The normalized spacial score (nSPS) is 12.2. The van der Waals surface area contributed by atoms with Crippen LogP contribution in [0.3, 0.4) is 0 Å². The van der Waals surface area contributed by atoms with Crippen molar-refractivity contribution in [2.24, 2.45) is 0 Å². The van der Waals surface area contributed by atoms with Crippen molar-refractivity contribution in [3.8, 4) is 0 Å². The fraction of sp³-hybridized carbons (Fsp3) is 0.167. The zero-order chi connectivity index (χ0) is 13.8. The first-order valence-electron chi connectivity index (χ1n) is 5.36. The van der Waals surface area contributed by atoms with Gasteiger partial charge >= 0.3 is 0 Å². The van der Waals surface area contributed by atoms with Gasteiger partial charge in [0.25, 0.3) is 0 Å². The summed E-state index contributed by atoms with van der Waals surface area (Å²) in [6, 6.07) is 5.46. The highest BCUT2D eigenvalue weighted by atomic mass is 79.9. The average molecular weight is 359 g/mol. The number of carbonyl (C=O) groups is 1. The van der Waals surface area contributed by atoms with Crippen molar-refractivity contribution in [1.29, 1.82) is 0 Å². The average Bonchev–Trinajstić information content (AvgIpc) is 2.85. The molecule has 1 atom stereocenters. The Hall–Kier alpha value is -0.890. The zero-order valence-corrected chi connectivity index (χ0v) is 13.2. The van der Waals surface area contributed by atoms with E-state index < -0.39 is 6.10 Å². The van der Waals surface area contributed by atoms with E-state index in [9.17, 15) is 9.90 Å². The van der Waals surface area contributed by atoms with Crippen molar-refractivity contribution in [2.75, 3.05) is 12.4 Å². The Labute approximate surface area is 127 Å². The molecule has 2 rings (SSSR count). The summed E-state index contributed by atoms with van der Waals surface area (Å²) in [4.78, 5) is 15.6. The van der Waals surface area contributed by atoms with Crippen LogP contribution in [0.4, 0.5) is 5.69 Å². The summed E-state index contributed by atoms with van der Waals surface area (Å²) in [6.07, 6.45) is -0.784. The maximum absolute atomic E-state index is 10.7. The first-order chi connectivity index (χ1) is 9.15. The third-order valence-corrected chi connectivity index (χ3v) is 4.79. The van der Waals surface area contributed by atoms with E-state index in [1.165, 1.54) is 11.3 Å². The van der Waals surface area contributed by atoms with Crippen LogP contribution in [0.2, 0.25) is 0 Å². The second-order valence-corrected chi connectivity index (χ2v) is 6.20.